The van der Waals surface area contributed by atoms with Gasteiger partial charge in [-0.3, -0.25) is 4.72 Å². The lowest BCUT2D eigenvalue weighted by molar-refractivity contribution is -0.139. The number of alkyl halides is 4. The van der Waals surface area contributed by atoms with Crippen molar-refractivity contribution in [2.75, 3.05) is 17.8 Å². The lowest BCUT2D eigenvalue weighted by Crippen LogP contribution is -2.44. The summed E-state index contributed by atoms with van der Waals surface area (Å²) in [5, 5.41) is 3.35. The van der Waals surface area contributed by atoms with Crippen molar-refractivity contribution >= 4 is 26.7 Å². The van der Waals surface area contributed by atoms with Gasteiger partial charge in [0, 0.05) is 18.0 Å². The summed E-state index contributed by atoms with van der Waals surface area (Å²) in [6, 6.07) is 8.10. The molecule has 0 amide bonds. The lowest BCUT2D eigenvalue weighted by Gasteiger charge is -2.27. The van der Waals surface area contributed by atoms with Crippen molar-refractivity contribution in [2.24, 2.45) is 0 Å². The van der Waals surface area contributed by atoms with E-state index in [1.54, 1.807) is 6.07 Å². The van der Waals surface area contributed by atoms with Crippen LogP contribution in [0.25, 0.3) is 11.0 Å². The summed E-state index contributed by atoms with van der Waals surface area (Å²) in [7, 11) is -4.58. The molecule has 2 heterocycles. The second-order valence-electron chi connectivity index (χ2n) is 7.08. The molecule has 6 nitrogen and oxygen atoms in total. The van der Waals surface area contributed by atoms with Crippen molar-refractivity contribution in [1.29, 1.82) is 0 Å². The van der Waals surface area contributed by atoms with E-state index in [0.29, 0.717) is 24.4 Å². The van der Waals surface area contributed by atoms with Crippen molar-refractivity contribution in [3.63, 3.8) is 0 Å². The first-order valence-electron chi connectivity index (χ1n) is 9.37. The van der Waals surface area contributed by atoms with Gasteiger partial charge in [-0.25, -0.2) is 12.8 Å². The Bertz CT molecular complexity index is 1190. The van der Waals surface area contributed by atoms with Gasteiger partial charge in [-0.1, -0.05) is 12.1 Å². The number of anilines is 1. The van der Waals surface area contributed by atoms with Gasteiger partial charge in [-0.15, -0.1) is 0 Å². The molecule has 0 aliphatic carbocycles. The van der Waals surface area contributed by atoms with E-state index >= 15 is 0 Å². The van der Waals surface area contributed by atoms with E-state index in [4.69, 9.17) is 9.15 Å². The number of furan rings is 1. The third-order valence-corrected chi connectivity index (χ3v) is 6.32. The van der Waals surface area contributed by atoms with Crippen molar-refractivity contribution in [2.45, 2.75) is 29.8 Å². The maximum Gasteiger partial charge on any atom is 0.417 e. The van der Waals surface area contributed by atoms with Gasteiger partial charge in [0.05, 0.1) is 22.4 Å². The Hall–Kier alpha value is -2.79. The highest BCUT2D eigenvalue weighted by atomic mass is 32.2. The number of benzene rings is 2. The van der Waals surface area contributed by atoms with E-state index in [9.17, 15) is 26.0 Å². The summed E-state index contributed by atoms with van der Waals surface area (Å²) in [6.07, 6.45) is -5.16. The highest BCUT2D eigenvalue weighted by Gasteiger charge is 2.37. The summed E-state index contributed by atoms with van der Waals surface area (Å²) in [4.78, 5) is -0.903. The number of fused-ring (bicyclic) bond motifs is 1. The Balaban J connectivity index is 1.69. The molecule has 0 unspecified atom stereocenters. The van der Waals surface area contributed by atoms with E-state index in [2.05, 4.69) is 10.0 Å². The van der Waals surface area contributed by atoms with Gasteiger partial charge in [-0.05, 0) is 37.2 Å². The van der Waals surface area contributed by atoms with Crippen LogP contribution in [0.4, 0.5) is 23.2 Å². The third-order valence-electron chi connectivity index (χ3n) is 4.88. The summed E-state index contributed by atoms with van der Waals surface area (Å²) in [5.41, 5.74) is -1.03. The quantitative estimate of drug-likeness (QED) is 0.557. The van der Waals surface area contributed by atoms with Gasteiger partial charge < -0.3 is 14.5 Å². The first-order valence-corrected chi connectivity index (χ1v) is 10.9. The maximum atomic E-state index is 14.2. The number of rotatable bonds is 5. The number of halogens is 4. The molecule has 1 aromatic heterocycles. The van der Waals surface area contributed by atoms with E-state index < -0.39 is 38.9 Å². The van der Waals surface area contributed by atoms with Crippen molar-refractivity contribution in [3.05, 3.63) is 54.3 Å². The summed E-state index contributed by atoms with van der Waals surface area (Å²) >= 11 is 0. The van der Waals surface area contributed by atoms with E-state index in [0.717, 1.165) is 12.1 Å². The molecule has 11 heteroatoms. The van der Waals surface area contributed by atoms with Crippen LogP contribution in [0.3, 0.4) is 0 Å². The van der Waals surface area contributed by atoms with Crippen molar-refractivity contribution in [1.82, 2.24) is 5.32 Å². The average Bonchev–Trinajstić information content (AvgIpc) is 3.18. The highest BCUT2D eigenvalue weighted by molar-refractivity contribution is 7.92. The first kappa shape index (κ1) is 21.4. The number of hydrogen-bond donors (Lipinski definition) is 2. The normalized spacial score (nSPS) is 20.0. The summed E-state index contributed by atoms with van der Waals surface area (Å²) < 4.78 is 92.8. The molecular weight excluding hydrogens is 440 g/mol. The minimum absolute atomic E-state index is 0.0368. The topological polar surface area (TPSA) is 80.6 Å². The number of piperidine rings is 1. The SMILES string of the molecule is O=S(=O)(Nc1cc(O[C@H]2CCNC[C@H]2F)c2occc2c1)c1ccccc1C(F)(F)F. The van der Waals surface area contributed by atoms with Crippen LogP contribution >= 0.6 is 0 Å². The molecular formula is C20H18F4N2O4S. The van der Waals surface area contributed by atoms with Crippen LogP contribution in [0.15, 0.2) is 58.0 Å². The molecule has 1 fully saturated rings. The van der Waals surface area contributed by atoms with Crippen LogP contribution in [0, 0.1) is 0 Å². The Morgan fingerprint density at radius 2 is 1.94 bits per heavy atom. The molecule has 166 valence electrons. The molecule has 31 heavy (non-hydrogen) atoms. The Labute approximate surface area is 175 Å². The molecule has 2 N–H and O–H groups in total. The van der Waals surface area contributed by atoms with Gasteiger partial charge >= 0.3 is 6.18 Å². The van der Waals surface area contributed by atoms with Gasteiger partial charge in [0.15, 0.2) is 11.3 Å². The molecule has 1 saturated heterocycles. The van der Waals surface area contributed by atoms with Crippen LogP contribution in [0.2, 0.25) is 0 Å². The van der Waals surface area contributed by atoms with Crippen LogP contribution in [-0.2, 0) is 16.2 Å². The number of sulfonamides is 1. The van der Waals surface area contributed by atoms with Crippen molar-refractivity contribution in [3.8, 4) is 5.75 Å². The highest BCUT2D eigenvalue weighted by Crippen LogP contribution is 2.36. The standard InChI is InChI=1S/C20H18F4N2O4S/c21-15-11-25-7-5-16(15)30-17-10-13(9-12-6-8-29-19(12)17)26-31(27,28)18-4-2-1-3-14(18)20(22,23)24/h1-4,6,8-10,15-16,25-26H,5,7,11H2/t15-,16+/m1/s1. The molecule has 3 aromatic rings. The number of nitrogens with one attached hydrogen (secondary N) is 2. The summed E-state index contributed by atoms with van der Waals surface area (Å²) in [6.45, 7) is 0.666. The van der Waals surface area contributed by atoms with Crippen molar-refractivity contribution < 1.29 is 35.1 Å². The summed E-state index contributed by atoms with van der Waals surface area (Å²) in [5.74, 6) is 0.0962. The van der Waals surface area contributed by atoms with Crippen LogP contribution in [0.5, 0.6) is 5.75 Å². The van der Waals surface area contributed by atoms with Gasteiger partial charge in [0.25, 0.3) is 10.0 Å². The van der Waals surface area contributed by atoms with Gasteiger partial charge in [0.2, 0.25) is 0 Å². The van der Waals surface area contributed by atoms with Crippen LogP contribution < -0.4 is 14.8 Å². The predicted molar refractivity (Wildman–Crippen MR) is 105 cm³/mol. The zero-order valence-corrected chi connectivity index (χ0v) is 16.8. The monoisotopic (exact) mass is 458 g/mol. The first-order chi connectivity index (χ1) is 14.6. The minimum Gasteiger partial charge on any atom is -0.483 e. The molecule has 4 rings (SSSR count). The fourth-order valence-electron chi connectivity index (χ4n) is 3.43. The molecule has 2 atom stereocenters. The lowest BCUT2D eigenvalue weighted by atomic mass is 10.1. The Morgan fingerprint density at radius 1 is 1.16 bits per heavy atom. The fraction of sp³-hybridized carbons (Fsp3) is 0.300. The molecule has 0 radical (unpaired) electrons. The zero-order valence-electron chi connectivity index (χ0n) is 15.9. The molecule has 1 aliphatic heterocycles. The number of ether oxygens (including phenoxy) is 1. The van der Waals surface area contributed by atoms with E-state index in [1.165, 1.54) is 24.5 Å². The minimum atomic E-state index is -4.85. The molecule has 2 aromatic carbocycles. The molecule has 0 saturated carbocycles. The second kappa shape index (κ2) is 8.04. The third kappa shape index (κ3) is 4.47. The molecule has 0 bridgehead atoms. The zero-order chi connectivity index (χ0) is 22.2. The van der Waals surface area contributed by atoms with E-state index in [-0.39, 0.29) is 23.6 Å². The molecule has 0 spiro atoms. The number of hydrogen-bond acceptors (Lipinski definition) is 5. The van der Waals surface area contributed by atoms with E-state index in [1.807, 2.05) is 0 Å². The average molecular weight is 458 g/mol. The Kier molecular flexibility index (Phi) is 5.56. The molecule has 1 aliphatic rings. The second-order valence-corrected chi connectivity index (χ2v) is 8.73. The van der Waals surface area contributed by atoms with Crippen LogP contribution in [-0.4, -0.2) is 33.8 Å². The Morgan fingerprint density at radius 3 is 2.68 bits per heavy atom. The predicted octanol–water partition coefficient (Wildman–Crippen LogP) is 4.33. The maximum absolute atomic E-state index is 14.2. The fourth-order valence-corrected chi connectivity index (χ4v) is 4.70. The van der Waals surface area contributed by atoms with Gasteiger partial charge in [0.1, 0.15) is 12.3 Å². The smallest absolute Gasteiger partial charge is 0.417 e. The van der Waals surface area contributed by atoms with Crippen LogP contribution in [0.1, 0.15) is 12.0 Å². The van der Waals surface area contributed by atoms with Gasteiger partial charge in [-0.2, -0.15) is 13.2 Å². The largest absolute Gasteiger partial charge is 0.483 e.